The van der Waals surface area contributed by atoms with Crippen LogP contribution < -0.4 is 5.32 Å². The van der Waals surface area contributed by atoms with Gasteiger partial charge in [0.25, 0.3) is 0 Å². The molecule has 3 aromatic carbocycles. The summed E-state index contributed by atoms with van der Waals surface area (Å²) < 4.78 is 18.4. The highest BCUT2D eigenvalue weighted by Gasteiger charge is 2.36. The Balaban J connectivity index is 1.55. The lowest BCUT2D eigenvalue weighted by Gasteiger charge is -2.32. The SMILES string of the molecule is COC(=O)c1ccc(NC(=O)[C@@H]2CC(=O)N(Cc3ccccc3)C(=Nc3cccc(F)c3)S2)cc1. The third kappa shape index (κ3) is 6.13. The number of amidine groups is 1. The van der Waals surface area contributed by atoms with Gasteiger partial charge in [0, 0.05) is 12.1 Å². The molecule has 0 bridgehead atoms. The van der Waals surface area contributed by atoms with Gasteiger partial charge in [-0.1, -0.05) is 48.2 Å². The molecule has 178 valence electrons. The van der Waals surface area contributed by atoms with Crippen LogP contribution in [-0.2, 0) is 20.9 Å². The van der Waals surface area contributed by atoms with Crippen molar-refractivity contribution in [3.8, 4) is 0 Å². The van der Waals surface area contributed by atoms with Crippen LogP contribution in [0.15, 0.2) is 83.9 Å². The predicted octanol–water partition coefficient (Wildman–Crippen LogP) is 4.77. The lowest BCUT2D eigenvalue weighted by Crippen LogP contribution is -2.44. The minimum absolute atomic E-state index is 0.0221. The summed E-state index contributed by atoms with van der Waals surface area (Å²) in [5.41, 5.74) is 2.08. The Kier molecular flexibility index (Phi) is 7.57. The third-order valence-electron chi connectivity index (χ3n) is 5.22. The van der Waals surface area contributed by atoms with Gasteiger partial charge in [0.2, 0.25) is 11.8 Å². The van der Waals surface area contributed by atoms with E-state index in [2.05, 4.69) is 15.0 Å². The number of benzene rings is 3. The van der Waals surface area contributed by atoms with Gasteiger partial charge in [0.05, 0.1) is 24.9 Å². The van der Waals surface area contributed by atoms with Crippen LogP contribution in [-0.4, -0.2) is 40.2 Å². The highest BCUT2D eigenvalue weighted by molar-refractivity contribution is 8.15. The fraction of sp³-hybridized carbons (Fsp3) is 0.154. The zero-order valence-electron chi connectivity index (χ0n) is 18.8. The summed E-state index contributed by atoms with van der Waals surface area (Å²) in [4.78, 5) is 43.7. The fourth-order valence-electron chi connectivity index (χ4n) is 3.45. The van der Waals surface area contributed by atoms with Crippen molar-refractivity contribution in [1.82, 2.24) is 4.90 Å². The number of carbonyl (C=O) groups excluding carboxylic acids is 3. The Morgan fingerprint density at radius 3 is 2.51 bits per heavy atom. The van der Waals surface area contributed by atoms with Crippen LogP contribution >= 0.6 is 11.8 Å². The van der Waals surface area contributed by atoms with E-state index < -0.39 is 17.0 Å². The first kappa shape index (κ1) is 24.2. The van der Waals surface area contributed by atoms with E-state index >= 15 is 0 Å². The van der Waals surface area contributed by atoms with Crippen molar-refractivity contribution in [2.75, 3.05) is 12.4 Å². The first-order chi connectivity index (χ1) is 16.9. The summed E-state index contributed by atoms with van der Waals surface area (Å²) in [5, 5.41) is 2.36. The van der Waals surface area contributed by atoms with E-state index in [0.29, 0.717) is 22.1 Å². The Morgan fingerprint density at radius 1 is 1.09 bits per heavy atom. The molecule has 9 heteroatoms. The number of halogens is 1. The third-order valence-corrected chi connectivity index (χ3v) is 6.41. The van der Waals surface area contributed by atoms with Crippen molar-refractivity contribution < 1.29 is 23.5 Å². The number of nitrogens with zero attached hydrogens (tertiary/aromatic N) is 2. The first-order valence-corrected chi connectivity index (χ1v) is 11.7. The number of amides is 2. The van der Waals surface area contributed by atoms with Gasteiger partial charge in [0.1, 0.15) is 11.1 Å². The molecule has 0 radical (unpaired) electrons. The number of carbonyl (C=O) groups is 3. The monoisotopic (exact) mass is 491 g/mol. The molecule has 0 spiro atoms. The molecule has 0 aliphatic carbocycles. The molecule has 1 fully saturated rings. The van der Waals surface area contributed by atoms with E-state index in [4.69, 9.17) is 0 Å². The lowest BCUT2D eigenvalue weighted by atomic mass is 10.2. The van der Waals surface area contributed by atoms with Gasteiger partial charge in [-0.25, -0.2) is 14.2 Å². The number of thioether (sulfide) groups is 1. The number of methoxy groups -OCH3 is 1. The molecule has 0 saturated carbocycles. The molecule has 1 aliphatic rings. The number of nitrogens with one attached hydrogen (secondary N) is 1. The number of anilines is 1. The van der Waals surface area contributed by atoms with Crippen LogP contribution in [0, 0.1) is 5.82 Å². The molecule has 2 amide bonds. The van der Waals surface area contributed by atoms with Crippen LogP contribution in [0.3, 0.4) is 0 Å². The maximum Gasteiger partial charge on any atom is 0.337 e. The summed E-state index contributed by atoms with van der Waals surface area (Å²) >= 11 is 1.15. The van der Waals surface area contributed by atoms with Crippen molar-refractivity contribution in [3.63, 3.8) is 0 Å². The molecule has 1 N–H and O–H groups in total. The number of hydrogen-bond donors (Lipinski definition) is 1. The van der Waals surface area contributed by atoms with E-state index in [1.165, 1.54) is 30.2 Å². The topological polar surface area (TPSA) is 88.1 Å². The molecule has 0 unspecified atom stereocenters. The van der Waals surface area contributed by atoms with Crippen LogP contribution in [0.25, 0.3) is 0 Å². The average Bonchev–Trinajstić information content (AvgIpc) is 2.86. The van der Waals surface area contributed by atoms with Crippen LogP contribution in [0.2, 0.25) is 0 Å². The van der Waals surface area contributed by atoms with Crippen molar-refractivity contribution in [2.24, 2.45) is 4.99 Å². The number of rotatable bonds is 6. The van der Waals surface area contributed by atoms with E-state index in [0.717, 1.165) is 17.3 Å². The molecule has 35 heavy (non-hydrogen) atoms. The van der Waals surface area contributed by atoms with Crippen molar-refractivity contribution in [2.45, 2.75) is 18.2 Å². The van der Waals surface area contributed by atoms with Crippen molar-refractivity contribution in [1.29, 1.82) is 0 Å². The second-order valence-corrected chi connectivity index (χ2v) is 8.88. The average molecular weight is 492 g/mol. The smallest absolute Gasteiger partial charge is 0.337 e. The maximum absolute atomic E-state index is 13.7. The molecule has 1 heterocycles. The van der Waals surface area contributed by atoms with Crippen LogP contribution in [0.5, 0.6) is 0 Å². The molecular weight excluding hydrogens is 469 g/mol. The van der Waals surface area contributed by atoms with Gasteiger partial charge in [-0.05, 0) is 48.0 Å². The van der Waals surface area contributed by atoms with E-state index in [1.54, 1.807) is 30.3 Å². The fourth-order valence-corrected chi connectivity index (χ4v) is 4.55. The zero-order chi connectivity index (χ0) is 24.8. The molecule has 3 aromatic rings. The predicted molar refractivity (Wildman–Crippen MR) is 133 cm³/mol. The summed E-state index contributed by atoms with van der Waals surface area (Å²) in [6.07, 6.45) is -0.0221. The van der Waals surface area contributed by atoms with Crippen LogP contribution in [0.1, 0.15) is 22.3 Å². The van der Waals surface area contributed by atoms with Crippen molar-refractivity contribution >= 4 is 46.1 Å². The van der Waals surface area contributed by atoms with E-state index in [1.807, 2.05) is 30.3 Å². The molecule has 1 atom stereocenters. The van der Waals surface area contributed by atoms with Crippen molar-refractivity contribution in [3.05, 3.63) is 95.8 Å². The maximum atomic E-state index is 13.7. The summed E-state index contributed by atoms with van der Waals surface area (Å²) in [7, 11) is 1.29. The van der Waals surface area contributed by atoms with E-state index in [-0.39, 0.29) is 24.8 Å². The molecule has 1 saturated heterocycles. The highest BCUT2D eigenvalue weighted by atomic mass is 32.2. The quantitative estimate of drug-likeness (QED) is 0.502. The molecular formula is C26H22FN3O4S. The number of aliphatic imine (C=N–C) groups is 1. The normalized spacial score (nSPS) is 16.7. The Hall–Kier alpha value is -3.98. The van der Waals surface area contributed by atoms with E-state index in [9.17, 15) is 18.8 Å². The second-order valence-electron chi connectivity index (χ2n) is 7.71. The van der Waals surface area contributed by atoms with Gasteiger partial charge < -0.3 is 10.1 Å². The standard InChI is InChI=1S/C26H22FN3O4S/c1-34-25(33)18-10-12-20(13-11-18)28-24(32)22-15-23(31)30(16-17-6-3-2-4-7-17)26(35-22)29-21-9-5-8-19(27)14-21/h2-14,22H,15-16H2,1H3,(H,28,32)/t22-/m0/s1. The Bertz CT molecular complexity index is 1270. The van der Waals surface area contributed by atoms with Gasteiger partial charge in [-0.3, -0.25) is 14.5 Å². The lowest BCUT2D eigenvalue weighted by molar-refractivity contribution is -0.129. The summed E-state index contributed by atoms with van der Waals surface area (Å²) in [6.45, 7) is 0.282. The van der Waals surface area contributed by atoms with Gasteiger partial charge in [0.15, 0.2) is 5.17 Å². The first-order valence-electron chi connectivity index (χ1n) is 10.8. The second kappa shape index (κ2) is 11.0. The number of hydrogen-bond acceptors (Lipinski definition) is 6. The minimum atomic E-state index is -0.734. The van der Waals surface area contributed by atoms with Gasteiger partial charge >= 0.3 is 5.97 Å². The Labute approximate surface area is 206 Å². The minimum Gasteiger partial charge on any atom is -0.465 e. The zero-order valence-corrected chi connectivity index (χ0v) is 19.6. The van der Waals surface area contributed by atoms with Gasteiger partial charge in [-0.2, -0.15) is 0 Å². The van der Waals surface area contributed by atoms with Crippen LogP contribution in [0.4, 0.5) is 15.8 Å². The molecule has 1 aliphatic heterocycles. The largest absolute Gasteiger partial charge is 0.465 e. The summed E-state index contributed by atoms with van der Waals surface area (Å²) in [6, 6.07) is 21.4. The molecule has 7 nitrogen and oxygen atoms in total. The molecule has 0 aromatic heterocycles. The van der Waals surface area contributed by atoms with Gasteiger partial charge in [-0.15, -0.1) is 0 Å². The number of ether oxygens (including phenoxy) is 1. The molecule has 4 rings (SSSR count). The summed E-state index contributed by atoms with van der Waals surface area (Å²) in [5.74, 6) is -1.56. The highest BCUT2D eigenvalue weighted by Crippen LogP contribution is 2.31. The Morgan fingerprint density at radius 2 is 1.83 bits per heavy atom. The number of esters is 1.